The van der Waals surface area contributed by atoms with Crippen molar-refractivity contribution in [1.29, 1.82) is 0 Å². The quantitative estimate of drug-likeness (QED) is 0.789. The fourth-order valence-electron chi connectivity index (χ4n) is 2.12. The summed E-state index contributed by atoms with van der Waals surface area (Å²) < 4.78 is 14.0. The molecule has 0 saturated heterocycles. The van der Waals surface area contributed by atoms with E-state index in [4.69, 9.17) is 23.2 Å². The molecule has 20 heavy (non-hydrogen) atoms. The van der Waals surface area contributed by atoms with E-state index in [0.29, 0.717) is 15.6 Å². The lowest BCUT2D eigenvalue weighted by atomic mass is 9.99. The van der Waals surface area contributed by atoms with Gasteiger partial charge in [-0.1, -0.05) is 42.3 Å². The Balaban J connectivity index is 2.44. The second kappa shape index (κ2) is 6.57. The Labute approximate surface area is 128 Å². The molecular formula is C16H16Cl2FN. The second-order valence-corrected chi connectivity index (χ2v) is 5.46. The van der Waals surface area contributed by atoms with Crippen molar-refractivity contribution < 1.29 is 4.39 Å². The maximum Gasteiger partial charge on any atom is 0.131 e. The van der Waals surface area contributed by atoms with Gasteiger partial charge in [-0.15, -0.1) is 0 Å². The van der Waals surface area contributed by atoms with E-state index in [2.05, 4.69) is 12.2 Å². The van der Waals surface area contributed by atoms with Crippen LogP contribution in [0.5, 0.6) is 0 Å². The van der Waals surface area contributed by atoms with Crippen molar-refractivity contribution in [3.63, 3.8) is 0 Å². The normalized spacial score (nSPS) is 12.4. The van der Waals surface area contributed by atoms with Gasteiger partial charge in [0.15, 0.2) is 0 Å². The van der Waals surface area contributed by atoms with Crippen LogP contribution in [0.15, 0.2) is 36.4 Å². The van der Waals surface area contributed by atoms with E-state index in [1.807, 2.05) is 13.0 Å². The van der Waals surface area contributed by atoms with Crippen molar-refractivity contribution in [2.45, 2.75) is 19.9 Å². The van der Waals surface area contributed by atoms with Crippen molar-refractivity contribution >= 4 is 23.2 Å². The van der Waals surface area contributed by atoms with Gasteiger partial charge in [-0.3, -0.25) is 0 Å². The molecule has 0 aliphatic rings. The molecule has 0 amide bonds. The molecule has 0 bridgehead atoms. The summed E-state index contributed by atoms with van der Waals surface area (Å²) in [5.74, 6) is -0.268. The summed E-state index contributed by atoms with van der Waals surface area (Å²) in [5, 5.41) is 4.20. The van der Waals surface area contributed by atoms with Crippen LogP contribution in [0.4, 0.5) is 4.39 Å². The van der Waals surface area contributed by atoms with E-state index in [1.165, 1.54) is 6.07 Å². The first-order chi connectivity index (χ1) is 9.52. The molecule has 2 aromatic carbocycles. The summed E-state index contributed by atoms with van der Waals surface area (Å²) in [4.78, 5) is 0. The molecule has 2 rings (SSSR count). The lowest BCUT2D eigenvalue weighted by Crippen LogP contribution is -2.17. The van der Waals surface area contributed by atoms with Gasteiger partial charge in [0.25, 0.3) is 0 Å². The molecule has 1 nitrogen and oxygen atoms in total. The minimum Gasteiger partial charge on any atom is -0.310 e. The highest BCUT2D eigenvalue weighted by atomic mass is 35.5. The number of benzene rings is 2. The average Bonchev–Trinajstić information content (AvgIpc) is 2.43. The molecule has 0 aliphatic heterocycles. The molecular weight excluding hydrogens is 296 g/mol. The minimum absolute atomic E-state index is 0.169. The molecule has 0 heterocycles. The van der Waals surface area contributed by atoms with Crippen LogP contribution >= 0.6 is 23.2 Å². The first kappa shape index (κ1) is 15.3. The Morgan fingerprint density at radius 2 is 1.85 bits per heavy atom. The van der Waals surface area contributed by atoms with Gasteiger partial charge in [-0.2, -0.15) is 0 Å². The van der Waals surface area contributed by atoms with E-state index in [1.54, 1.807) is 24.3 Å². The zero-order chi connectivity index (χ0) is 14.7. The van der Waals surface area contributed by atoms with Crippen LogP contribution in [-0.2, 0) is 0 Å². The smallest absolute Gasteiger partial charge is 0.131 e. The first-order valence-electron chi connectivity index (χ1n) is 6.51. The third-order valence-electron chi connectivity index (χ3n) is 3.23. The third-order valence-corrected chi connectivity index (χ3v) is 3.97. The van der Waals surface area contributed by atoms with Crippen molar-refractivity contribution in [3.05, 3.63) is 57.8 Å². The number of rotatable bonds is 4. The summed E-state index contributed by atoms with van der Waals surface area (Å²) in [6, 6.07) is 10.4. The van der Waals surface area contributed by atoms with Gasteiger partial charge in [0.1, 0.15) is 5.82 Å². The highest BCUT2D eigenvalue weighted by Gasteiger charge is 2.11. The van der Waals surface area contributed by atoms with E-state index < -0.39 is 0 Å². The van der Waals surface area contributed by atoms with Crippen molar-refractivity contribution in [2.75, 3.05) is 6.54 Å². The molecule has 0 radical (unpaired) electrons. The Bertz CT molecular complexity index is 613. The van der Waals surface area contributed by atoms with Gasteiger partial charge in [-0.05, 0) is 48.9 Å². The number of nitrogens with one attached hydrogen (secondary N) is 1. The van der Waals surface area contributed by atoms with Gasteiger partial charge in [-0.25, -0.2) is 4.39 Å². The molecule has 0 saturated carbocycles. The largest absolute Gasteiger partial charge is 0.310 e. The SMILES string of the molecule is CCNC(C)c1ccc(F)c(-c2ccc(Cl)c(Cl)c2)c1. The maximum absolute atomic E-state index is 14.0. The molecule has 1 atom stereocenters. The van der Waals surface area contributed by atoms with Gasteiger partial charge < -0.3 is 5.32 Å². The lowest BCUT2D eigenvalue weighted by Gasteiger charge is -2.15. The molecule has 4 heteroatoms. The highest BCUT2D eigenvalue weighted by Crippen LogP contribution is 2.31. The van der Waals surface area contributed by atoms with Crippen LogP contribution in [0, 0.1) is 5.82 Å². The number of hydrogen-bond acceptors (Lipinski definition) is 1. The fourth-order valence-corrected chi connectivity index (χ4v) is 2.42. The molecule has 0 aromatic heterocycles. The van der Waals surface area contributed by atoms with Crippen molar-refractivity contribution in [1.82, 2.24) is 5.32 Å². The third kappa shape index (κ3) is 3.32. The summed E-state index contributed by atoms with van der Waals surface area (Å²) in [7, 11) is 0. The van der Waals surface area contributed by atoms with Gasteiger partial charge in [0, 0.05) is 11.6 Å². The molecule has 1 N–H and O–H groups in total. The summed E-state index contributed by atoms with van der Waals surface area (Å²) >= 11 is 11.9. The fraction of sp³-hybridized carbons (Fsp3) is 0.250. The molecule has 0 spiro atoms. The highest BCUT2D eigenvalue weighted by molar-refractivity contribution is 6.42. The lowest BCUT2D eigenvalue weighted by molar-refractivity contribution is 0.593. The molecule has 106 valence electrons. The van der Waals surface area contributed by atoms with E-state index in [0.717, 1.165) is 17.7 Å². The van der Waals surface area contributed by atoms with Crippen LogP contribution in [0.2, 0.25) is 10.0 Å². The average molecular weight is 312 g/mol. The molecule has 0 fully saturated rings. The minimum atomic E-state index is -0.268. The van der Waals surface area contributed by atoms with Crippen LogP contribution in [0.1, 0.15) is 25.5 Å². The van der Waals surface area contributed by atoms with E-state index >= 15 is 0 Å². The Hall–Kier alpha value is -1.09. The van der Waals surface area contributed by atoms with Gasteiger partial charge in [0.2, 0.25) is 0 Å². The van der Waals surface area contributed by atoms with E-state index in [-0.39, 0.29) is 11.9 Å². The van der Waals surface area contributed by atoms with Crippen LogP contribution in [0.3, 0.4) is 0 Å². The van der Waals surface area contributed by atoms with Crippen LogP contribution in [-0.4, -0.2) is 6.54 Å². The predicted molar refractivity (Wildman–Crippen MR) is 83.9 cm³/mol. The zero-order valence-electron chi connectivity index (χ0n) is 11.4. The van der Waals surface area contributed by atoms with E-state index in [9.17, 15) is 4.39 Å². The summed E-state index contributed by atoms with van der Waals surface area (Å²) in [5.41, 5.74) is 2.29. The molecule has 2 aromatic rings. The zero-order valence-corrected chi connectivity index (χ0v) is 12.9. The topological polar surface area (TPSA) is 12.0 Å². The van der Waals surface area contributed by atoms with Gasteiger partial charge in [0.05, 0.1) is 10.0 Å². The maximum atomic E-state index is 14.0. The first-order valence-corrected chi connectivity index (χ1v) is 7.26. The van der Waals surface area contributed by atoms with Crippen molar-refractivity contribution in [2.24, 2.45) is 0 Å². The Morgan fingerprint density at radius 3 is 2.50 bits per heavy atom. The molecule has 1 unspecified atom stereocenters. The number of hydrogen-bond donors (Lipinski definition) is 1. The predicted octanol–water partition coefficient (Wildman–Crippen LogP) is 5.47. The standard InChI is InChI=1S/C16H16Cl2FN/c1-3-20-10(2)11-5-7-16(19)13(8-11)12-4-6-14(17)15(18)9-12/h4-10,20H,3H2,1-2H3. The summed E-state index contributed by atoms with van der Waals surface area (Å²) in [6.45, 7) is 4.95. The Kier molecular flexibility index (Phi) is 5.03. The van der Waals surface area contributed by atoms with Crippen molar-refractivity contribution in [3.8, 4) is 11.1 Å². The molecule has 0 aliphatic carbocycles. The van der Waals surface area contributed by atoms with Crippen LogP contribution < -0.4 is 5.32 Å². The number of halogens is 3. The Morgan fingerprint density at radius 1 is 1.10 bits per heavy atom. The summed E-state index contributed by atoms with van der Waals surface area (Å²) in [6.07, 6.45) is 0. The van der Waals surface area contributed by atoms with Crippen LogP contribution in [0.25, 0.3) is 11.1 Å². The monoisotopic (exact) mass is 311 g/mol. The van der Waals surface area contributed by atoms with Gasteiger partial charge >= 0.3 is 0 Å². The second-order valence-electron chi connectivity index (χ2n) is 4.65.